The molecule has 0 spiro atoms. The lowest BCUT2D eigenvalue weighted by Crippen LogP contribution is -2.19. The summed E-state index contributed by atoms with van der Waals surface area (Å²) in [7, 11) is 0. The maximum atomic E-state index is 12.8. The van der Waals surface area contributed by atoms with Gasteiger partial charge < -0.3 is 5.10 Å². The van der Waals surface area contributed by atoms with E-state index in [2.05, 4.69) is 20.7 Å². The molecule has 24 heavy (non-hydrogen) atoms. The number of hydrogen-bond acceptors (Lipinski definition) is 3. The van der Waals surface area contributed by atoms with Gasteiger partial charge in [0.25, 0.3) is 5.56 Å². The van der Waals surface area contributed by atoms with Crippen LogP contribution in [0.15, 0.2) is 34.2 Å². The lowest BCUT2D eigenvalue weighted by atomic mass is 10.1. The van der Waals surface area contributed by atoms with Gasteiger partial charge in [0, 0.05) is 23.2 Å². The van der Waals surface area contributed by atoms with E-state index in [1.807, 2.05) is 0 Å². The Balaban J connectivity index is 1.95. The fourth-order valence-electron chi connectivity index (χ4n) is 2.11. The molecule has 0 aliphatic carbocycles. The highest BCUT2D eigenvalue weighted by Crippen LogP contribution is 2.30. The maximum Gasteiger partial charge on any atom is 0.417 e. The van der Waals surface area contributed by atoms with Gasteiger partial charge >= 0.3 is 6.18 Å². The van der Waals surface area contributed by atoms with Gasteiger partial charge in [-0.05, 0) is 19.4 Å². The summed E-state index contributed by atoms with van der Waals surface area (Å²) in [5.74, 6) is -0.504. The number of carbonyl (C=O) groups is 1. The van der Waals surface area contributed by atoms with E-state index in [1.165, 1.54) is 18.2 Å². The summed E-state index contributed by atoms with van der Waals surface area (Å²) in [4.78, 5) is 23.1. The number of hydrogen-bond donors (Lipinski definition) is 3. The summed E-state index contributed by atoms with van der Waals surface area (Å²) in [5, 5.41) is 8.58. The molecule has 1 aromatic carbocycles. The second-order valence-electron chi connectivity index (χ2n) is 5.06. The Kier molecular flexibility index (Phi) is 5.22. The van der Waals surface area contributed by atoms with Crippen LogP contribution in [0.5, 0.6) is 0 Å². The number of aryl methyl sites for hydroxylation is 1. The van der Waals surface area contributed by atoms with Gasteiger partial charge in [0.05, 0.1) is 11.8 Å². The number of nitrogens with zero attached hydrogens (tertiary/aromatic N) is 1. The Morgan fingerprint density at radius 1 is 1.29 bits per heavy atom. The molecule has 0 radical (unpaired) electrons. The summed E-state index contributed by atoms with van der Waals surface area (Å²) in [6.07, 6.45) is -3.38. The van der Waals surface area contributed by atoms with Gasteiger partial charge in [-0.25, -0.2) is 5.43 Å². The average molecular weight is 340 g/mol. The van der Waals surface area contributed by atoms with Crippen LogP contribution in [0.1, 0.15) is 28.8 Å². The molecule has 0 aliphatic heterocycles. The minimum atomic E-state index is -4.50. The molecule has 0 atom stereocenters. The second kappa shape index (κ2) is 7.16. The average Bonchev–Trinajstić information content (AvgIpc) is 2.83. The van der Waals surface area contributed by atoms with Crippen LogP contribution in [0.2, 0.25) is 0 Å². The third-order valence-corrected chi connectivity index (χ3v) is 3.35. The molecule has 1 aromatic heterocycles. The number of hydrazone groups is 1. The van der Waals surface area contributed by atoms with Crippen molar-refractivity contribution in [1.29, 1.82) is 0 Å². The molecule has 1 amide bonds. The summed E-state index contributed by atoms with van der Waals surface area (Å²) >= 11 is 0. The van der Waals surface area contributed by atoms with Crippen LogP contribution in [0.3, 0.4) is 0 Å². The van der Waals surface area contributed by atoms with Crippen molar-refractivity contribution in [3.05, 3.63) is 57.0 Å². The van der Waals surface area contributed by atoms with Crippen molar-refractivity contribution in [2.24, 2.45) is 5.10 Å². The molecule has 9 heteroatoms. The predicted octanol–water partition coefficient (Wildman–Crippen LogP) is 2.11. The minimum Gasteiger partial charge on any atom is -0.302 e. The maximum absolute atomic E-state index is 12.8. The van der Waals surface area contributed by atoms with Crippen molar-refractivity contribution in [2.45, 2.75) is 25.9 Å². The SMILES string of the molecule is Cc1[nH][nH]c(=O)c1CCC(=O)N/N=C\c1ccccc1C(F)(F)F. The van der Waals surface area contributed by atoms with Crippen molar-refractivity contribution in [3.63, 3.8) is 0 Å². The lowest BCUT2D eigenvalue weighted by Gasteiger charge is -2.09. The fourth-order valence-corrected chi connectivity index (χ4v) is 2.11. The Morgan fingerprint density at radius 2 is 2.00 bits per heavy atom. The van der Waals surface area contributed by atoms with Gasteiger partial charge in [0.15, 0.2) is 0 Å². The third kappa shape index (κ3) is 4.34. The van der Waals surface area contributed by atoms with E-state index < -0.39 is 17.6 Å². The van der Waals surface area contributed by atoms with Gasteiger partial charge in [-0.3, -0.25) is 14.7 Å². The number of amides is 1. The molecular formula is C15H15F3N4O2. The highest BCUT2D eigenvalue weighted by atomic mass is 19.4. The molecule has 0 unspecified atom stereocenters. The second-order valence-corrected chi connectivity index (χ2v) is 5.06. The molecular weight excluding hydrogens is 325 g/mol. The van der Waals surface area contributed by atoms with Crippen molar-refractivity contribution < 1.29 is 18.0 Å². The van der Waals surface area contributed by atoms with E-state index in [4.69, 9.17) is 0 Å². The summed E-state index contributed by atoms with van der Waals surface area (Å²) in [6.45, 7) is 1.69. The van der Waals surface area contributed by atoms with E-state index >= 15 is 0 Å². The zero-order chi connectivity index (χ0) is 17.7. The zero-order valence-electron chi connectivity index (χ0n) is 12.7. The fraction of sp³-hybridized carbons (Fsp3) is 0.267. The zero-order valence-corrected chi connectivity index (χ0v) is 12.7. The molecule has 0 fully saturated rings. The number of aromatic nitrogens is 2. The van der Waals surface area contributed by atoms with Crippen LogP contribution < -0.4 is 11.0 Å². The molecule has 6 nitrogen and oxygen atoms in total. The number of nitrogens with one attached hydrogen (secondary N) is 3. The van der Waals surface area contributed by atoms with Crippen molar-refractivity contribution >= 4 is 12.1 Å². The van der Waals surface area contributed by atoms with E-state index in [0.717, 1.165) is 12.3 Å². The Labute approximate surface area is 134 Å². The predicted molar refractivity (Wildman–Crippen MR) is 81.7 cm³/mol. The number of benzene rings is 1. The van der Waals surface area contributed by atoms with Crippen LogP contribution in [0, 0.1) is 6.92 Å². The van der Waals surface area contributed by atoms with E-state index in [9.17, 15) is 22.8 Å². The molecule has 0 bridgehead atoms. The van der Waals surface area contributed by atoms with Gasteiger partial charge in [-0.15, -0.1) is 0 Å². The number of H-pyrrole nitrogens is 2. The number of carbonyl (C=O) groups excluding carboxylic acids is 1. The number of rotatable bonds is 5. The summed E-state index contributed by atoms with van der Waals surface area (Å²) in [6, 6.07) is 4.90. The Morgan fingerprint density at radius 3 is 2.62 bits per heavy atom. The molecule has 2 rings (SSSR count). The Bertz CT molecular complexity index is 806. The summed E-state index contributed by atoms with van der Waals surface area (Å²) < 4.78 is 38.4. The molecule has 3 N–H and O–H groups in total. The van der Waals surface area contributed by atoms with Gasteiger partial charge in [0.1, 0.15) is 0 Å². The first-order chi connectivity index (χ1) is 11.3. The van der Waals surface area contributed by atoms with Crippen molar-refractivity contribution in [1.82, 2.24) is 15.6 Å². The standard InChI is InChI=1S/C15H15F3N4O2/c1-9-11(14(24)22-20-9)6-7-13(23)21-19-8-10-4-2-3-5-12(10)15(16,17)18/h2-5,8H,6-7H2,1H3,(H,21,23)(H2,20,22,24)/b19-8-. The minimum absolute atomic E-state index is 0.0139. The van der Waals surface area contributed by atoms with Crippen molar-refractivity contribution in [2.75, 3.05) is 0 Å². The molecule has 0 saturated carbocycles. The Hall–Kier alpha value is -2.84. The first-order valence-corrected chi connectivity index (χ1v) is 7.03. The third-order valence-electron chi connectivity index (χ3n) is 3.35. The smallest absolute Gasteiger partial charge is 0.302 e. The van der Waals surface area contributed by atoms with Crippen LogP contribution in [0.4, 0.5) is 13.2 Å². The molecule has 1 heterocycles. The highest BCUT2D eigenvalue weighted by Gasteiger charge is 2.32. The first kappa shape index (κ1) is 17.5. The molecule has 128 valence electrons. The molecule has 0 saturated heterocycles. The van der Waals surface area contributed by atoms with E-state index in [0.29, 0.717) is 11.3 Å². The quantitative estimate of drug-likeness (QED) is 0.575. The van der Waals surface area contributed by atoms with Crippen LogP contribution in [-0.4, -0.2) is 22.3 Å². The number of halogens is 3. The topological polar surface area (TPSA) is 90.1 Å². The van der Waals surface area contributed by atoms with E-state index in [1.54, 1.807) is 6.92 Å². The normalized spacial score (nSPS) is 11.8. The van der Waals surface area contributed by atoms with Gasteiger partial charge in [-0.1, -0.05) is 18.2 Å². The van der Waals surface area contributed by atoms with Crippen LogP contribution >= 0.6 is 0 Å². The number of alkyl halides is 3. The summed E-state index contributed by atoms with van der Waals surface area (Å²) in [5.41, 5.74) is 1.95. The van der Waals surface area contributed by atoms with Gasteiger partial charge in [0.2, 0.25) is 5.91 Å². The first-order valence-electron chi connectivity index (χ1n) is 7.03. The van der Waals surface area contributed by atoms with Crippen LogP contribution in [0.25, 0.3) is 0 Å². The van der Waals surface area contributed by atoms with Crippen LogP contribution in [-0.2, 0) is 17.4 Å². The molecule has 0 aliphatic rings. The highest BCUT2D eigenvalue weighted by molar-refractivity contribution is 5.84. The lowest BCUT2D eigenvalue weighted by molar-refractivity contribution is -0.137. The van der Waals surface area contributed by atoms with Gasteiger partial charge in [-0.2, -0.15) is 18.3 Å². The number of aromatic amines is 2. The van der Waals surface area contributed by atoms with E-state index in [-0.39, 0.29) is 24.0 Å². The molecule has 2 aromatic rings. The monoisotopic (exact) mass is 340 g/mol. The largest absolute Gasteiger partial charge is 0.417 e. The van der Waals surface area contributed by atoms with Crippen molar-refractivity contribution in [3.8, 4) is 0 Å².